The minimum absolute atomic E-state index is 0.211. The van der Waals surface area contributed by atoms with Gasteiger partial charge in [-0.1, -0.05) is 40.6 Å². The monoisotopic (exact) mass is 444 g/mol. The van der Waals surface area contributed by atoms with Gasteiger partial charge in [-0.15, -0.1) is 0 Å². The molecule has 0 fully saturated rings. The minimum atomic E-state index is -0.324. The van der Waals surface area contributed by atoms with Crippen LogP contribution in [0, 0.1) is 0 Å². The molecule has 0 unspecified atom stereocenters. The van der Waals surface area contributed by atoms with E-state index in [-0.39, 0.29) is 18.1 Å². The fourth-order valence-electron chi connectivity index (χ4n) is 2.73. The number of anilines is 1. The third-order valence-electron chi connectivity index (χ3n) is 4.19. The van der Waals surface area contributed by atoms with Crippen molar-refractivity contribution in [1.82, 2.24) is 15.0 Å². The summed E-state index contributed by atoms with van der Waals surface area (Å²) in [5.41, 5.74) is 1.73. The zero-order chi connectivity index (χ0) is 20.4. The highest BCUT2D eigenvalue weighted by molar-refractivity contribution is 7.22. The first kappa shape index (κ1) is 19.6. The molecule has 2 heterocycles. The Labute approximate surface area is 180 Å². The van der Waals surface area contributed by atoms with Crippen LogP contribution < -0.4 is 9.64 Å². The quantitative estimate of drug-likeness (QED) is 0.420. The molecule has 0 atom stereocenters. The van der Waals surface area contributed by atoms with Crippen LogP contribution in [0.1, 0.15) is 16.1 Å². The van der Waals surface area contributed by atoms with Crippen LogP contribution in [0.25, 0.3) is 10.2 Å². The SMILES string of the molecule is COc1ccc2nc(N(Cc3ccc(Cl)cc3Cl)C(=O)c3cnccn3)sc2c1. The van der Waals surface area contributed by atoms with E-state index in [1.165, 1.54) is 34.8 Å². The highest BCUT2D eigenvalue weighted by atomic mass is 35.5. The lowest BCUT2D eigenvalue weighted by Crippen LogP contribution is -2.31. The molecule has 0 N–H and O–H groups in total. The van der Waals surface area contributed by atoms with Crippen molar-refractivity contribution >= 4 is 55.8 Å². The molecule has 6 nitrogen and oxygen atoms in total. The molecular formula is C20H14Cl2N4O2S. The van der Waals surface area contributed by atoms with E-state index in [0.717, 1.165) is 21.5 Å². The zero-order valence-corrected chi connectivity index (χ0v) is 17.5. The number of aromatic nitrogens is 3. The third kappa shape index (κ3) is 4.17. The molecule has 9 heteroatoms. The molecule has 0 saturated carbocycles. The van der Waals surface area contributed by atoms with Crippen molar-refractivity contribution in [2.75, 3.05) is 12.0 Å². The van der Waals surface area contributed by atoms with Gasteiger partial charge in [0.2, 0.25) is 0 Å². The van der Waals surface area contributed by atoms with E-state index in [2.05, 4.69) is 15.0 Å². The first-order valence-electron chi connectivity index (χ1n) is 8.51. The van der Waals surface area contributed by atoms with Gasteiger partial charge in [0.1, 0.15) is 11.4 Å². The summed E-state index contributed by atoms with van der Waals surface area (Å²) in [6, 6.07) is 10.7. The number of hydrogen-bond acceptors (Lipinski definition) is 6. The van der Waals surface area contributed by atoms with Gasteiger partial charge in [-0.2, -0.15) is 0 Å². The van der Waals surface area contributed by atoms with Crippen LogP contribution in [-0.4, -0.2) is 28.0 Å². The van der Waals surface area contributed by atoms with Gasteiger partial charge in [0.15, 0.2) is 5.13 Å². The molecule has 29 heavy (non-hydrogen) atoms. The van der Waals surface area contributed by atoms with Crippen molar-refractivity contribution in [2.45, 2.75) is 6.54 Å². The Kier molecular flexibility index (Phi) is 5.62. The van der Waals surface area contributed by atoms with Crippen molar-refractivity contribution in [3.05, 3.63) is 76.3 Å². The Morgan fingerprint density at radius 3 is 2.76 bits per heavy atom. The predicted octanol–water partition coefficient (Wildman–Crippen LogP) is 5.25. The number of thiazole rings is 1. The van der Waals surface area contributed by atoms with Gasteiger partial charge in [0.25, 0.3) is 5.91 Å². The Bertz CT molecular complexity index is 1180. The van der Waals surface area contributed by atoms with Gasteiger partial charge in [0, 0.05) is 22.4 Å². The summed E-state index contributed by atoms with van der Waals surface area (Å²) in [6.45, 7) is 0.211. The maximum Gasteiger partial charge on any atom is 0.280 e. The maximum absolute atomic E-state index is 13.2. The Morgan fingerprint density at radius 1 is 1.17 bits per heavy atom. The maximum atomic E-state index is 13.2. The molecule has 0 bridgehead atoms. The molecule has 4 rings (SSSR count). The predicted molar refractivity (Wildman–Crippen MR) is 115 cm³/mol. The van der Waals surface area contributed by atoms with Crippen molar-refractivity contribution in [1.29, 1.82) is 0 Å². The van der Waals surface area contributed by atoms with E-state index in [9.17, 15) is 4.79 Å². The first-order valence-corrected chi connectivity index (χ1v) is 10.1. The average molecular weight is 445 g/mol. The Hall–Kier alpha value is -2.74. The molecule has 1 amide bonds. The molecule has 0 radical (unpaired) electrons. The fourth-order valence-corrected chi connectivity index (χ4v) is 4.19. The van der Waals surface area contributed by atoms with E-state index >= 15 is 0 Å². The number of fused-ring (bicyclic) bond motifs is 1. The van der Waals surface area contributed by atoms with Gasteiger partial charge < -0.3 is 4.74 Å². The number of benzene rings is 2. The van der Waals surface area contributed by atoms with Gasteiger partial charge in [-0.3, -0.25) is 14.7 Å². The van der Waals surface area contributed by atoms with E-state index in [0.29, 0.717) is 15.2 Å². The van der Waals surface area contributed by atoms with E-state index in [4.69, 9.17) is 27.9 Å². The van der Waals surface area contributed by atoms with Crippen LogP contribution in [0.5, 0.6) is 5.75 Å². The summed E-state index contributed by atoms with van der Waals surface area (Å²) in [4.78, 5) is 27.5. The van der Waals surface area contributed by atoms with Crippen LogP contribution in [0.2, 0.25) is 10.0 Å². The molecule has 0 saturated heterocycles. The molecule has 146 valence electrons. The van der Waals surface area contributed by atoms with Crippen molar-refractivity contribution in [2.24, 2.45) is 0 Å². The fraction of sp³-hybridized carbons (Fsp3) is 0.100. The van der Waals surface area contributed by atoms with Gasteiger partial charge in [-0.25, -0.2) is 9.97 Å². The van der Waals surface area contributed by atoms with E-state index in [1.807, 2.05) is 18.2 Å². The van der Waals surface area contributed by atoms with Crippen LogP contribution in [-0.2, 0) is 6.54 Å². The van der Waals surface area contributed by atoms with Crippen molar-refractivity contribution < 1.29 is 9.53 Å². The van der Waals surface area contributed by atoms with Crippen LogP contribution in [0.15, 0.2) is 55.0 Å². The lowest BCUT2D eigenvalue weighted by Gasteiger charge is -2.20. The summed E-state index contributed by atoms with van der Waals surface area (Å²) >= 11 is 13.7. The summed E-state index contributed by atoms with van der Waals surface area (Å²) in [5.74, 6) is 0.399. The van der Waals surface area contributed by atoms with Crippen LogP contribution in [0.4, 0.5) is 5.13 Å². The molecule has 0 aliphatic carbocycles. The summed E-state index contributed by atoms with van der Waals surface area (Å²) in [6.07, 6.45) is 4.42. The van der Waals surface area contributed by atoms with Gasteiger partial charge >= 0.3 is 0 Å². The van der Waals surface area contributed by atoms with Gasteiger partial charge in [-0.05, 0) is 35.9 Å². The number of hydrogen-bond donors (Lipinski definition) is 0. The summed E-state index contributed by atoms with van der Waals surface area (Å²) in [7, 11) is 1.61. The van der Waals surface area contributed by atoms with Crippen molar-refractivity contribution in [3.63, 3.8) is 0 Å². The summed E-state index contributed by atoms with van der Waals surface area (Å²) in [5, 5.41) is 1.52. The second kappa shape index (κ2) is 8.32. The first-order chi connectivity index (χ1) is 14.0. The number of ether oxygens (including phenoxy) is 1. The number of amides is 1. The number of halogens is 2. The Morgan fingerprint density at radius 2 is 2.03 bits per heavy atom. The van der Waals surface area contributed by atoms with E-state index < -0.39 is 0 Å². The molecule has 4 aromatic rings. The lowest BCUT2D eigenvalue weighted by atomic mass is 10.2. The number of carbonyl (C=O) groups excluding carboxylic acids is 1. The smallest absolute Gasteiger partial charge is 0.280 e. The van der Waals surface area contributed by atoms with E-state index in [1.54, 1.807) is 25.3 Å². The average Bonchev–Trinajstić information content (AvgIpc) is 3.16. The molecule has 0 aliphatic heterocycles. The number of rotatable bonds is 5. The highest BCUT2D eigenvalue weighted by Crippen LogP contribution is 2.33. The standard InChI is InChI=1S/C20H14Cl2N4O2S/c1-28-14-4-5-16-18(9-14)29-20(25-16)26(19(27)17-10-23-6-7-24-17)11-12-2-3-13(21)8-15(12)22/h2-10H,11H2,1H3. The molecular weight excluding hydrogens is 431 g/mol. The van der Waals surface area contributed by atoms with Crippen LogP contribution >= 0.6 is 34.5 Å². The highest BCUT2D eigenvalue weighted by Gasteiger charge is 2.24. The minimum Gasteiger partial charge on any atom is -0.497 e. The molecule has 0 aliphatic rings. The number of carbonyl (C=O) groups is 1. The normalized spacial score (nSPS) is 10.9. The third-order valence-corrected chi connectivity index (χ3v) is 5.81. The molecule has 2 aromatic heterocycles. The molecule has 2 aromatic carbocycles. The lowest BCUT2D eigenvalue weighted by molar-refractivity contribution is 0.0980. The summed E-state index contributed by atoms with van der Waals surface area (Å²) < 4.78 is 6.18. The number of nitrogens with zero attached hydrogens (tertiary/aromatic N) is 4. The zero-order valence-electron chi connectivity index (χ0n) is 15.2. The van der Waals surface area contributed by atoms with Gasteiger partial charge in [0.05, 0.1) is 30.1 Å². The van der Waals surface area contributed by atoms with Crippen LogP contribution in [0.3, 0.4) is 0 Å². The second-order valence-electron chi connectivity index (χ2n) is 6.05. The Balaban J connectivity index is 1.78. The topological polar surface area (TPSA) is 68.2 Å². The second-order valence-corrected chi connectivity index (χ2v) is 7.90. The van der Waals surface area contributed by atoms with Crippen molar-refractivity contribution in [3.8, 4) is 5.75 Å². The number of methoxy groups -OCH3 is 1. The molecule has 0 spiro atoms. The largest absolute Gasteiger partial charge is 0.497 e.